The van der Waals surface area contributed by atoms with Crippen molar-refractivity contribution in [1.29, 1.82) is 0 Å². The van der Waals surface area contributed by atoms with E-state index in [9.17, 15) is 4.79 Å². The first-order chi connectivity index (χ1) is 9.11. The molecule has 1 aromatic carbocycles. The predicted octanol–water partition coefficient (Wildman–Crippen LogP) is 1.58. The molecule has 1 saturated heterocycles. The molecule has 3 N–H and O–H groups in total. The van der Waals surface area contributed by atoms with E-state index < -0.39 is 6.04 Å². The van der Waals surface area contributed by atoms with Crippen LogP contribution in [0.3, 0.4) is 0 Å². The summed E-state index contributed by atoms with van der Waals surface area (Å²) >= 11 is 0. The molecule has 1 unspecified atom stereocenters. The van der Waals surface area contributed by atoms with Crippen LogP contribution in [0.2, 0.25) is 0 Å². The quantitative estimate of drug-likeness (QED) is 0.876. The van der Waals surface area contributed by atoms with Gasteiger partial charge in [0.05, 0.1) is 18.8 Å². The van der Waals surface area contributed by atoms with Crippen LogP contribution in [0, 0.1) is 0 Å². The third kappa shape index (κ3) is 4.95. The lowest BCUT2D eigenvalue weighted by Crippen LogP contribution is -2.44. The number of hydrogen-bond donors (Lipinski definition) is 2. The Labute approximate surface area is 138 Å². The minimum atomic E-state index is -0.458. The number of nitrogens with two attached hydrogens (primary N) is 1. The Hall–Kier alpha value is -1.17. The minimum Gasteiger partial charge on any atom is -0.495 e. The highest BCUT2D eigenvalue weighted by Gasteiger charge is 2.26. The van der Waals surface area contributed by atoms with Gasteiger partial charge in [-0.2, -0.15) is 0 Å². The van der Waals surface area contributed by atoms with Gasteiger partial charge in [-0.1, -0.05) is 12.1 Å². The standard InChI is InChI=1S/C14H21N3O2.2ClH/c1-10(15)14(18)16-11-7-8-17(9-11)12-5-3-4-6-13(12)19-2;;/h3-6,10-11H,7-9,15H2,1-2H3,(H,16,18);2*1H/t10-,11?;;/m1../s1. The van der Waals surface area contributed by atoms with E-state index in [1.807, 2.05) is 24.3 Å². The number of hydrogen-bond acceptors (Lipinski definition) is 4. The van der Waals surface area contributed by atoms with E-state index in [1.165, 1.54) is 0 Å². The average Bonchev–Trinajstić information content (AvgIpc) is 2.86. The van der Waals surface area contributed by atoms with Crippen molar-refractivity contribution in [1.82, 2.24) is 5.32 Å². The van der Waals surface area contributed by atoms with E-state index in [1.54, 1.807) is 14.0 Å². The summed E-state index contributed by atoms with van der Waals surface area (Å²) in [6, 6.07) is 7.63. The number of nitrogens with one attached hydrogen (secondary N) is 1. The maximum atomic E-state index is 11.6. The first-order valence-electron chi connectivity index (χ1n) is 6.55. The largest absolute Gasteiger partial charge is 0.495 e. The second-order valence-electron chi connectivity index (χ2n) is 4.90. The first kappa shape index (κ1) is 19.8. The third-order valence-electron chi connectivity index (χ3n) is 3.37. The van der Waals surface area contributed by atoms with Gasteiger partial charge in [-0.3, -0.25) is 4.79 Å². The summed E-state index contributed by atoms with van der Waals surface area (Å²) in [6.45, 7) is 3.39. The summed E-state index contributed by atoms with van der Waals surface area (Å²) in [5, 5.41) is 2.97. The maximum absolute atomic E-state index is 11.6. The van der Waals surface area contributed by atoms with Gasteiger partial charge in [0.25, 0.3) is 0 Å². The summed E-state index contributed by atoms with van der Waals surface area (Å²) in [5.74, 6) is 0.772. The molecular formula is C14H23Cl2N3O2. The van der Waals surface area contributed by atoms with Gasteiger partial charge in [0.15, 0.2) is 0 Å². The van der Waals surface area contributed by atoms with Crippen molar-refractivity contribution in [3.05, 3.63) is 24.3 Å². The number of methoxy groups -OCH3 is 1. The number of ether oxygens (including phenoxy) is 1. The SMILES string of the molecule is COc1ccccc1N1CCC(NC(=O)[C@@H](C)N)C1.Cl.Cl. The van der Waals surface area contributed by atoms with E-state index in [0.29, 0.717) is 0 Å². The molecule has 0 spiro atoms. The second-order valence-corrected chi connectivity index (χ2v) is 4.90. The summed E-state index contributed by atoms with van der Waals surface area (Å²) in [4.78, 5) is 13.8. The minimum absolute atomic E-state index is 0. The van der Waals surface area contributed by atoms with Gasteiger partial charge in [-0.25, -0.2) is 0 Å². The topological polar surface area (TPSA) is 67.6 Å². The average molecular weight is 336 g/mol. The van der Waals surface area contributed by atoms with Gasteiger partial charge >= 0.3 is 0 Å². The number of halogens is 2. The third-order valence-corrected chi connectivity index (χ3v) is 3.37. The highest BCUT2D eigenvalue weighted by atomic mass is 35.5. The lowest BCUT2D eigenvalue weighted by molar-refractivity contribution is -0.122. The molecule has 1 fully saturated rings. The fourth-order valence-corrected chi connectivity index (χ4v) is 2.32. The van der Waals surface area contributed by atoms with Crippen LogP contribution >= 0.6 is 24.8 Å². The zero-order valence-corrected chi connectivity index (χ0v) is 13.9. The van der Waals surface area contributed by atoms with Crippen LogP contribution in [0.4, 0.5) is 5.69 Å². The number of rotatable bonds is 4. The molecule has 0 bridgehead atoms. The second kappa shape index (κ2) is 8.97. The number of para-hydroxylation sites is 2. The van der Waals surface area contributed by atoms with Crippen molar-refractivity contribution >= 4 is 36.4 Å². The van der Waals surface area contributed by atoms with E-state index in [0.717, 1.165) is 30.9 Å². The molecule has 0 saturated carbocycles. The molecule has 5 nitrogen and oxygen atoms in total. The Morgan fingerprint density at radius 1 is 1.43 bits per heavy atom. The number of anilines is 1. The molecule has 7 heteroatoms. The fourth-order valence-electron chi connectivity index (χ4n) is 2.32. The van der Waals surface area contributed by atoms with Crippen molar-refractivity contribution in [2.75, 3.05) is 25.1 Å². The van der Waals surface area contributed by atoms with Crippen molar-refractivity contribution in [2.24, 2.45) is 5.73 Å². The van der Waals surface area contributed by atoms with Crippen LogP contribution in [0.1, 0.15) is 13.3 Å². The molecule has 1 aliphatic heterocycles. The molecule has 0 aliphatic carbocycles. The molecule has 1 heterocycles. The highest BCUT2D eigenvalue weighted by Crippen LogP contribution is 2.30. The van der Waals surface area contributed by atoms with Gasteiger partial charge in [0, 0.05) is 19.1 Å². The van der Waals surface area contributed by atoms with Crippen molar-refractivity contribution < 1.29 is 9.53 Å². The number of nitrogens with zero attached hydrogens (tertiary/aromatic N) is 1. The lowest BCUT2D eigenvalue weighted by Gasteiger charge is -2.21. The normalized spacial score (nSPS) is 18.2. The van der Waals surface area contributed by atoms with Gasteiger partial charge in [-0.15, -0.1) is 24.8 Å². The van der Waals surface area contributed by atoms with Crippen LogP contribution in [0.15, 0.2) is 24.3 Å². The highest BCUT2D eigenvalue weighted by molar-refractivity contribution is 5.85. The zero-order valence-electron chi connectivity index (χ0n) is 12.2. The van der Waals surface area contributed by atoms with Crippen LogP contribution in [0.5, 0.6) is 5.75 Å². The molecular weight excluding hydrogens is 313 g/mol. The lowest BCUT2D eigenvalue weighted by atomic mass is 10.2. The molecule has 2 atom stereocenters. The van der Waals surface area contributed by atoms with Crippen LogP contribution in [0.25, 0.3) is 0 Å². The number of amides is 1. The maximum Gasteiger partial charge on any atom is 0.236 e. The van der Waals surface area contributed by atoms with Gasteiger partial charge in [0.1, 0.15) is 5.75 Å². The molecule has 1 aliphatic rings. The Morgan fingerprint density at radius 2 is 2.10 bits per heavy atom. The molecule has 21 heavy (non-hydrogen) atoms. The van der Waals surface area contributed by atoms with Crippen LogP contribution < -0.4 is 20.7 Å². The van der Waals surface area contributed by atoms with Gasteiger partial charge < -0.3 is 20.7 Å². The van der Waals surface area contributed by atoms with E-state index in [4.69, 9.17) is 10.5 Å². The van der Waals surface area contributed by atoms with E-state index in [-0.39, 0.29) is 36.8 Å². The van der Waals surface area contributed by atoms with Gasteiger partial charge in [-0.05, 0) is 25.5 Å². The van der Waals surface area contributed by atoms with Crippen molar-refractivity contribution in [3.8, 4) is 5.75 Å². The Morgan fingerprint density at radius 3 is 2.71 bits per heavy atom. The molecule has 1 aromatic rings. The van der Waals surface area contributed by atoms with Crippen molar-refractivity contribution in [3.63, 3.8) is 0 Å². The Bertz CT molecular complexity index is 458. The smallest absolute Gasteiger partial charge is 0.236 e. The van der Waals surface area contributed by atoms with E-state index in [2.05, 4.69) is 10.2 Å². The first-order valence-corrected chi connectivity index (χ1v) is 6.55. The molecule has 120 valence electrons. The monoisotopic (exact) mass is 335 g/mol. The number of carbonyl (C=O) groups excluding carboxylic acids is 1. The Balaban J connectivity index is 0.00000200. The van der Waals surface area contributed by atoms with Crippen LogP contribution in [-0.4, -0.2) is 38.2 Å². The summed E-state index contributed by atoms with van der Waals surface area (Å²) in [7, 11) is 1.67. The molecule has 1 amide bonds. The summed E-state index contributed by atoms with van der Waals surface area (Å²) in [5.41, 5.74) is 6.63. The Kier molecular flexibility index (Phi) is 8.47. The number of benzene rings is 1. The molecule has 2 rings (SSSR count). The van der Waals surface area contributed by atoms with E-state index >= 15 is 0 Å². The zero-order chi connectivity index (χ0) is 13.8. The summed E-state index contributed by atoms with van der Waals surface area (Å²) in [6.07, 6.45) is 0.927. The fraction of sp³-hybridized carbons (Fsp3) is 0.500. The van der Waals surface area contributed by atoms with Gasteiger partial charge in [0.2, 0.25) is 5.91 Å². The summed E-state index contributed by atoms with van der Waals surface area (Å²) < 4.78 is 5.36. The predicted molar refractivity (Wildman–Crippen MR) is 89.9 cm³/mol. The molecule has 0 aromatic heterocycles. The molecule has 0 radical (unpaired) electrons. The van der Waals surface area contributed by atoms with Crippen LogP contribution in [-0.2, 0) is 4.79 Å². The number of carbonyl (C=O) groups is 1. The van der Waals surface area contributed by atoms with Crippen molar-refractivity contribution in [2.45, 2.75) is 25.4 Å².